The molecule has 35 heavy (non-hydrogen) atoms. The number of benzene rings is 3. The molecule has 1 saturated heterocycles. The first kappa shape index (κ1) is 23.8. The van der Waals surface area contributed by atoms with Crippen molar-refractivity contribution in [3.63, 3.8) is 0 Å². The Morgan fingerprint density at radius 3 is 2.23 bits per heavy atom. The van der Waals surface area contributed by atoms with Crippen LogP contribution in [0.4, 0.5) is 0 Å². The minimum absolute atomic E-state index is 0.0187. The number of hydrogen-bond donors (Lipinski definition) is 1. The monoisotopic (exact) mass is 467 g/mol. The molecule has 1 amide bonds. The van der Waals surface area contributed by atoms with Crippen molar-refractivity contribution in [1.82, 2.24) is 15.1 Å². The molecule has 1 unspecified atom stereocenters. The van der Waals surface area contributed by atoms with Gasteiger partial charge in [-0.1, -0.05) is 67.6 Å². The Labute approximate surface area is 210 Å². The highest BCUT2D eigenvalue weighted by atomic mass is 16.1. The standard InChI is InChI=1S/C31H37N3O/c1-24-5-4-17-33(20-24)21-26-10-8-25(9-11-26)19-32-31(35)29-14-12-27(13-15-29)22-34-18-16-28-6-2-3-7-30(28)23-34/h2-3,6-15,24H,4-5,16-23H2,1H3,(H,32,35). The number of likely N-dealkylation sites (tertiary alicyclic amines) is 1. The Morgan fingerprint density at radius 1 is 0.829 bits per heavy atom. The molecule has 1 atom stereocenters. The second-order valence-corrected chi connectivity index (χ2v) is 10.4. The molecule has 1 N–H and O–H groups in total. The van der Waals surface area contributed by atoms with Crippen molar-refractivity contribution in [3.05, 3.63) is 106 Å². The fraction of sp³-hybridized carbons (Fsp3) is 0.387. The van der Waals surface area contributed by atoms with Crippen LogP contribution in [0.15, 0.2) is 72.8 Å². The molecule has 0 spiro atoms. The molecular weight excluding hydrogens is 430 g/mol. The van der Waals surface area contributed by atoms with Crippen LogP contribution in [-0.4, -0.2) is 35.3 Å². The van der Waals surface area contributed by atoms with Crippen LogP contribution in [0, 0.1) is 5.92 Å². The summed E-state index contributed by atoms with van der Waals surface area (Å²) in [6.45, 7) is 9.30. The predicted molar refractivity (Wildman–Crippen MR) is 142 cm³/mol. The quantitative estimate of drug-likeness (QED) is 0.505. The van der Waals surface area contributed by atoms with Gasteiger partial charge in [0, 0.05) is 44.8 Å². The molecule has 182 valence electrons. The van der Waals surface area contributed by atoms with Gasteiger partial charge in [-0.3, -0.25) is 14.6 Å². The van der Waals surface area contributed by atoms with E-state index in [2.05, 4.69) is 82.7 Å². The zero-order chi connectivity index (χ0) is 24.0. The third kappa shape index (κ3) is 6.39. The van der Waals surface area contributed by atoms with E-state index >= 15 is 0 Å². The topological polar surface area (TPSA) is 35.6 Å². The number of fused-ring (bicyclic) bond motifs is 1. The van der Waals surface area contributed by atoms with Gasteiger partial charge in [0.2, 0.25) is 0 Å². The zero-order valence-corrected chi connectivity index (χ0v) is 20.9. The van der Waals surface area contributed by atoms with E-state index in [4.69, 9.17) is 0 Å². The molecule has 0 radical (unpaired) electrons. The highest BCUT2D eigenvalue weighted by molar-refractivity contribution is 5.94. The summed E-state index contributed by atoms with van der Waals surface area (Å²) in [6.07, 6.45) is 3.76. The smallest absolute Gasteiger partial charge is 0.251 e. The average Bonchev–Trinajstić information content (AvgIpc) is 2.88. The summed E-state index contributed by atoms with van der Waals surface area (Å²) < 4.78 is 0. The molecule has 2 aliphatic heterocycles. The van der Waals surface area contributed by atoms with Crippen LogP contribution in [0.1, 0.15) is 57.9 Å². The highest BCUT2D eigenvalue weighted by Crippen LogP contribution is 2.21. The first-order valence-corrected chi connectivity index (χ1v) is 13.1. The molecule has 0 saturated carbocycles. The minimum Gasteiger partial charge on any atom is -0.348 e. The maximum Gasteiger partial charge on any atom is 0.251 e. The Hall–Kier alpha value is -2.95. The number of nitrogens with zero attached hydrogens (tertiary/aromatic N) is 2. The van der Waals surface area contributed by atoms with Crippen molar-refractivity contribution >= 4 is 5.91 Å². The first-order valence-electron chi connectivity index (χ1n) is 13.1. The van der Waals surface area contributed by atoms with Crippen molar-refractivity contribution in [1.29, 1.82) is 0 Å². The molecule has 0 aromatic heterocycles. The maximum absolute atomic E-state index is 12.7. The summed E-state index contributed by atoms with van der Waals surface area (Å²) in [7, 11) is 0. The van der Waals surface area contributed by atoms with Gasteiger partial charge in [-0.25, -0.2) is 0 Å². The molecule has 3 aromatic carbocycles. The number of rotatable bonds is 7. The van der Waals surface area contributed by atoms with Crippen LogP contribution < -0.4 is 5.32 Å². The number of nitrogens with one attached hydrogen (secondary N) is 1. The van der Waals surface area contributed by atoms with Crippen molar-refractivity contribution in [2.24, 2.45) is 5.92 Å². The van der Waals surface area contributed by atoms with E-state index in [1.807, 2.05) is 12.1 Å². The average molecular weight is 468 g/mol. The van der Waals surface area contributed by atoms with Gasteiger partial charge in [0.25, 0.3) is 5.91 Å². The Morgan fingerprint density at radius 2 is 1.49 bits per heavy atom. The van der Waals surface area contributed by atoms with E-state index in [1.54, 1.807) is 0 Å². The highest BCUT2D eigenvalue weighted by Gasteiger charge is 2.17. The largest absolute Gasteiger partial charge is 0.348 e. The molecule has 3 aromatic rings. The summed E-state index contributed by atoms with van der Waals surface area (Å²) >= 11 is 0. The second-order valence-electron chi connectivity index (χ2n) is 10.4. The minimum atomic E-state index is -0.0187. The van der Waals surface area contributed by atoms with Crippen molar-refractivity contribution in [2.75, 3.05) is 19.6 Å². The summed E-state index contributed by atoms with van der Waals surface area (Å²) in [5.74, 6) is 0.782. The van der Waals surface area contributed by atoms with Crippen LogP contribution >= 0.6 is 0 Å². The number of hydrogen-bond acceptors (Lipinski definition) is 3. The fourth-order valence-corrected chi connectivity index (χ4v) is 5.44. The van der Waals surface area contributed by atoms with E-state index in [-0.39, 0.29) is 5.91 Å². The van der Waals surface area contributed by atoms with Gasteiger partial charge in [-0.2, -0.15) is 0 Å². The Bertz CT molecular complexity index is 1120. The predicted octanol–water partition coefficient (Wildman–Crippen LogP) is 5.41. The van der Waals surface area contributed by atoms with Gasteiger partial charge < -0.3 is 5.32 Å². The van der Waals surface area contributed by atoms with Crippen molar-refractivity contribution < 1.29 is 4.79 Å². The summed E-state index contributed by atoms with van der Waals surface area (Å²) in [5.41, 5.74) is 7.36. The van der Waals surface area contributed by atoms with Crippen molar-refractivity contribution in [2.45, 2.75) is 52.4 Å². The molecule has 5 rings (SSSR count). The van der Waals surface area contributed by atoms with Crippen LogP contribution in [-0.2, 0) is 32.6 Å². The lowest BCUT2D eigenvalue weighted by Gasteiger charge is -2.30. The van der Waals surface area contributed by atoms with Gasteiger partial charge in [-0.05, 0) is 71.7 Å². The Balaban J connectivity index is 1.09. The lowest BCUT2D eigenvalue weighted by atomic mass is 9.99. The lowest BCUT2D eigenvalue weighted by molar-refractivity contribution is 0.0951. The van der Waals surface area contributed by atoms with Gasteiger partial charge in [0.1, 0.15) is 0 Å². The molecule has 4 heteroatoms. The third-order valence-corrected chi connectivity index (χ3v) is 7.46. The SMILES string of the molecule is CC1CCCN(Cc2ccc(CNC(=O)c3ccc(CN4CCc5ccccc5C4)cc3)cc2)C1. The molecule has 2 heterocycles. The van der Waals surface area contributed by atoms with Gasteiger partial charge >= 0.3 is 0 Å². The molecule has 0 bridgehead atoms. The van der Waals surface area contributed by atoms with Gasteiger partial charge in [0.05, 0.1) is 0 Å². The first-order chi connectivity index (χ1) is 17.1. The van der Waals surface area contributed by atoms with Crippen LogP contribution in [0.5, 0.6) is 0 Å². The third-order valence-electron chi connectivity index (χ3n) is 7.46. The van der Waals surface area contributed by atoms with E-state index in [0.717, 1.165) is 44.1 Å². The lowest BCUT2D eigenvalue weighted by Crippen LogP contribution is -2.33. The molecular formula is C31H37N3O. The molecule has 4 nitrogen and oxygen atoms in total. The number of amides is 1. The second kappa shape index (κ2) is 11.2. The summed E-state index contributed by atoms with van der Waals surface area (Å²) in [6, 6.07) is 25.5. The normalized spacial score (nSPS) is 18.7. The fourth-order valence-electron chi connectivity index (χ4n) is 5.44. The zero-order valence-electron chi connectivity index (χ0n) is 20.9. The number of carbonyl (C=O) groups is 1. The number of carbonyl (C=O) groups excluding carboxylic acids is 1. The molecule has 1 fully saturated rings. The van der Waals surface area contributed by atoms with E-state index < -0.39 is 0 Å². The van der Waals surface area contributed by atoms with Crippen LogP contribution in [0.3, 0.4) is 0 Å². The Kier molecular flexibility index (Phi) is 7.60. The van der Waals surface area contributed by atoms with Crippen LogP contribution in [0.25, 0.3) is 0 Å². The van der Waals surface area contributed by atoms with Crippen LogP contribution in [0.2, 0.25) is 0 Å². The van der Waals surface area contributed by atoms with Crippen molar-refractivity contribution in [3.8, 4) is 0 Å². The van der Waals surface area contributed by atoms with Gasteiger partial charge in [0.15, 0.2) is 0 Å². The van der Waals surface area contributed by atoms with E-state index in [1.165, 1.54) is 48.2 Å². The molecule has 2 aliphatic rings. The van der Waals surface area contributed by atoms with E-state index in [9.17, 15) is 4.79 Å². The molecule has 0 aliphatic carbocycles. The number of piperidine rings is 1. The maximum atomic E-state index is 12.7. The van der Waals surface area contributed by atoms with Gasteiger partial charge in [-0.15, -0.1) is 0 Å². The summed E-state index contributed by atoms with van der Waals surface area (Å²) in [4.78, 5) is 17.7. The summed E-state index contributed by atoms with van der Waals surface area (Å²) in [5, 5.41) is 3.07. The van der Waals surface area contributed by atoms with E-state index in [0.29, 0.717) is 12.1 Å².